The smallest absolute Gasteiger partial charge is 0.416 e. The second-order valence-corrected chi connectivity index (χ2v) is 7.60. The van der Waals surface area contributed by atoms with Crippen LogP contribution in [-0.2, 0) is 6.18 Å². The van der Waals surface area contributed by atoms with E-state index in [4.69, 9.17) is 10.5 Å². The Morgan fingerprint density at radius 1 is 1.13 bits per heavy atom. The average Bonchev–Trinajstić information content (AvgIpc) is 3.50. The van der Waals surface area contributed by atoms with E-state index in [-0.39, 0.29) is 5.69 Å². The van der Waals surface area contributed by atoms with Crippen LogP contribution in [0.15, 0.2) is 24.3 Å². The summed E-state index contributed by atoms with van der Waals surface area (Å²) in [5.41, 5.74) is 6.88. The number of nitrogens with zero attached hydrogens (tertiary/aromatic N) is 3. The zero-order valence-electron chi connectivity index (χ0n) is 16.8. The molecule has 0 amide bonds. The molecule has 1 aliphatic carbocycles. The summed E-state index contributed by atoms with van der Waals surface area (Å²) in [6.45, 7) is 3.50. The van der Waals surface area contributed by atoms with E-state index in [1.54, 1.807) is 21.0 Å². The van der Waals surface area contributed by atoms with Crippen molar-refractivity contribution < 1.29 is 17.9 Å². The molecule has 3 aromatic rings. The highest BCUT2D eigenvalue weighted by Crippen LogP contribution is 2.45. The second-order valence-electron chi connectivity index (χ2n) is 7.60. The van der Waals surface area contributed by atoms with Crippen molar-refractivity contribution in [2.45, 2.75) is 44.8 Å². The van der Waals surface area contributed by atoms with Crippen LogP contribution < -0.4 is 15.8 Å². The van der Waals surface area contributed by atoms with E-state index < -0.39 is 17.8 Å². The molecule has 2 aromatic heterocycles. The number of anilines is 2. The maximum atomic E-state index is 13.2. The molecule has 1 atom stereocenters. The number of halogens is 3. The summed E-state index contributed by atoms with van der Waals surface area (Å²) in [7, 11) is 1.58. The van der Waals surface area contributed by atoms with Gasteiger partial charge in [0.25, 0.3) is 0 Å². The average molecular weight is 417 g/mol. The number of aryl methyl sites for hydroxylation is 1. The molecule has 3 N–H and O–H groups in total. The van der Waals surface area contributed by atoms with Gasteiger partial charge in [-0.3, -0.25) is 0 Å². The minimum Gasteiger partial charge on any atom is -0.481 e. The molecule has 4 rings (SSSR count). The van der Waals surface area contributed by atoms with Gasteiger partial charge in [-0.2, -0.15) is 18.2 Å². The summed E-state index contributed by atoms with van der Waals surface area (Å²) in [6, 6.07) is 5.05. The zero-order valence-corrected chi connectivity index (χ0v) is 16.8. The number of pyridine rings is 1. The molecule has 0 unspecified atom stereocenters. The Balaban J connectivity index is 1.75. The van der Waals surface area contributed by atoms with E-state index in [2.05, 4.69) is 20.3 Å². The standard InChI is InChI=1S/C21H22F3N5O/c1-10(13-6-14(21(22,23)24)8-15(25)7-13)26-18-17-9-16(12-4-5-12)20(30-3)29-19(17)28-11(2)27-18/h6-10,12H,4-5,25H2,1-3H3,(H,26,27,28,29)/t10-/m1/s1. The maximum Gasteiger partial charge on any atom is 0.416 e. The summed E-state index contributed by atoms with van der Waals surface area (Å²) in [5, 5.41) is 3.92. The lowest BCUT2D eigenvalue weighted by molar-refractivity contribution is -0.137. The molecule has 1 saturated carbocycles. The van der Waals surface area contributed by atoms with Crippen molar-refractivity contribution in [2.24, 2.45) is 0 Å². The molecule has 1 aliphatic rings. The van der Waals surface area contributed by atoms with E-state index in [0.717, 1.165) is 30.5 Å². The Bertz CT molecular complexity index is 1110. The van der Waals surface area contributed by atoms with Crippen LogP contribution >= 0.6 is 0 Å². The summed E-state index contributed by atoms with van der Waals surface area (Å²) in [4.78, 5) is 13.4. The van der Waals surface area contributed by atoms with Crippen LogP contribution in [0.4, 0.5) is 24.7 Å². The molecular formula is C21H22F3N5O. The molecular weight excluding hydrogens is 395 g/mol. The molecule has 2 heterocycles. The summed E-state index contributed by atoms with van der Waals surface area (Å²) in [6.07, 6.45) is -2.33. The van der Waals surface area contributed by atoms with Gasteiger partial charge in [0.15, 0.2) is 5.65 Å². The molecule has 1 fully saturated rings. The first-order chi connectivity index (χ1) is 14.2. The van der Waals surface area contributed by atoms with Gasteiger partial charge in [0.1, 0.15) is 11.6 Å². The Morgan fingerprint density at radius 3 is 2.50 bits per heavy atom. The molecule has 0 spiro atoms. The van der Waals surface area contributed by atoms with E-state index in [9.17, 15) is 13.2 Å². The molecule has 0 bridgehead atoms. The third-order valence-electron chi connectivity index (χ3n) is 5.16. The fourth-order valence-corrected chi connectivity index (χ4v) is 3.50. The number of hydrogen-bond donors (Lipinski definition) is 2. The van der Waals surface area contributed by atoms with Crippen LogP contribution in [0, 0.1) is 6.92 Å². The summed E-state index contributed by atoms with van der Waals surface area (Å²) < 4.78 is 45.0. The Morgan fingerprint density at radius 2 is 1.87 bits per heavy atom. The van der Waals surface area contributed by atoms with Gasteiger partial charge in [-0.1, -0.05) is 0 Å². The lowest BCUT2D eigenvalue weighted by atomic mass is 10.0. The van der Waals surface area contributed by atoms with Gasteiger partial charge >= 0.3 is 6.18 Å². The first kappa shape index (κ1) is 20.2. The van der Waals surface area contributed by atoms with Crippen molar-refractivity contribution in [3.8, 4) is 5.88 Å². The van der Waals surface area contributed by atoms with Crippen LogP contribution in [0.1, 0.15) is 54.2 Å². The number of methoxy groups -OCH3 is 1. The minimum absolute atomic E-state index is 0.0552. The second kappa shape index (κ2) is 7.30. The Kier molecular flexibility index (Phi) is 4.91. The van der Waals surface area contributed by atoms with Crippen LogP contribution in [0.5, 0.6) is 5.88 Å². The number of ether oxygens (including phenoxy) is 1. The van der Waals surface area contributed by atoms with Gasteiger partial charge in [-0.15, -0.1) is 0 Å². The SMILES string of the molecule is COc1nc2nc(C)nc(N[C@H](C)c3cc(N)cc(C(F)(F)F)c3)c2cc1C1CC1. The minimum atomic E-state index is -4.47. The number of nitrogens with one attached hydrogen (secondary N) is 1. The van der Waals surface area contributed by atoms with Gasteiger partial charge < -0.3 is 15.8 Å². The lowest BCUT2D eigenvalue weighted by Crippen LogP contribution is -2.13. The normalized spacial score (nSPS) is 15.3. The third kappa shape index (κ3) is 3.96. The zero-order chi connectivity index (χ0) is 21.6. The number of benzene rings is 1. The molecule has 0 saturated heterocycles. The van der Waals surface area contributed by atoms with Crippen LogP contribution in [0.2, 0.25) is 0 Å². The molecule has 0 radical (unpaired) electrons. The quantitative estimate of drug-likeness (QED) is 0.569. The van der Waals surface area contributed by atoms with E-state index >= 15 is 0 Å². The van der Waals surface area contributed by atoms with Crippen molar-refractivity contribution in [1.29, 1.82) is 0 Å². The number of alkyl halides is 3. The monoisotopic (exact) mass is 417 g/mol. The van der Waals surface area contributed by atoms with E-state index in [1.807, 2.05) is 6.07 Å². The number of nitrogens with two attached hydrogens (primary N) is 1. The van der Waals surface area contributed by atoms with Crippen molar-refractivity contribution >= 4 is 22.5 Å². The summed E-state index contributed by atoms with van der Waals surface area (Å²) >= 11 is 0. The largest absolute Gasteiger partial charge is 0.481 e. The molecule has 30 heavy (non-hydrogen) atoms. The van der Waals surface area contributed by atoms with Crippen molar-refractivity contribution in [3.05, 3.63) is 46.8 Å². The highest BCUT2D eigenvalue weighted by Gasteiger charge is 2.32. The van der Waals surface area contributed by atoms with E-state index in [0.29, 0.717) is 40.0 Å². The fourth-order valence-electron chi connectivity index (χ4n) is 3.50. The number of rotatable bonds is 5. The first-order valence-electron chi connectivity index (χ1n) is 9.63. The number of hydrogen-bond acceptors (Lipinski definition) is 6. The molecule has 0 aliphatic heterocycles. The molecule has 6 nitrogen and oxygen atoms in total. The van der Waals surface area contributed by atoms with Crippen LogP contribution in [0.25, 0.3) is 11.0 Å². The van der Waals surface area contributed by atoms with Gasteiger partial charge in [-0.05, 0) is 62.4 Å². The lowest BCUT2D eigenvalue weighted by Gasteiger charge is -2.19. The highest BCUT2D eigenvalue weighted by molar-refractivity contribution is 5.88. The van der Waals surface area contributed by atoms with Crippen LogP contribution in [-0.4, -0.2) is 22.1 Å². The highest BCUT2D eigenvalue weighted by atomic mass is 19.4. The molecule has 158 valence electrons. The molecule has 1 aromatic carbocycles. The summed E-state index contributed by atoms with van der Waals surface area (Å²) in [5.74, 6) is 1.95. The predicted molar refractivity (Wildman–Crippen MR) is 108 cm³/mol. The first-order valence-corrected chi connectivity index (χ1v) is 9.63. The van der Waals surface area contributed by atoms with Crippen molar-refractivity contribution in [1.82, 2.24) is 15.0 Å². The van der Waals surface area contributed by atoms with E-state index in [1.165, 1.54) is 6.07 Å². The number of nitrogen functional groups attached to an aromatic ring is 1. The maximum absolute atomic E-state index is 13.2. The third-order valence-corrected chi connectivity index (χ3v) is 5.16. The Hall–Kier alpha value is -3.10. The number of aromatic nitrogens is 3. The fraction of sp³-hybridized carbons (Fsp3) is 0.381. The van der Waals surface area contributed by atoms with Gasteiger partial charge in [-0.25, -0.2) is 9.97 Å². The van der Waals surface area contributed by atoms with Gasteiger partial charge in [0.05, 0.1) is 24.1 Å². The predicted octanol–water partition coefficient (Wildman–Crippen LogP) is 4.99. The van der Waals surface area contributed by atoms with Gasteiger partial charge in [0, 0.05) is 11.3 Å². The topological polar surface area (TPSA) is 86.0 Å². The Labute approximate surface area is 171 Å². The van der Waals surface area contributed by atoms with Crippen LogP contribution in [0.3, 0.4) is 0 Å². The van der Waals surface area contributed by atoms with Gasteiger partial charge in [0.2, 0.25) is 5.88 Å². The molecule has 9 heteroatoms. The number of fused-ring (bicyclic) bond motifs is 1. The van der Waals surface area contributed by atoms with Crippen molar-refractivity contribution in [2.75, 3.05) is 18.2 Å². The van der Waals surface area contributed by atoms with Crippen molar-refractivity contribution in [3.63, 3.8) is 0 Å².